The largest absolute Gasteiger partial charge is 0.417 e. The Hall–Kier alpha value is -1.32. The molecular weight excluding hydrogens is 179 g/mol. The molecule has 0 spiro atoms. The Balaban J connectivity index is 3.20. The Bertz CT molecular complexity index is 315. The van der Waals surface area contributed by atoms with Crippen molar-refractivity contribution in [3.63, 3.8) is 0 Å². The van der Waals surface area contributed by atoms with Gasteiger partial charge in [-0.2, -0.15) is 13.2 Å². The molecule has 0 unspecified atom stereocenters. The quantitative estimate of drug-likeness (QED) is 0.657. The maximum atomic E-state index is 12.3. The van der Waals surface area contributed by atoms with E-state index in [-0.39, 0.29) is 5.56 Å². The molecule has 1 aromatic rings. The first-order chi connectivity index (χ1) is 6.05. The fourth-order valence-electron chi connectivity index (χ4n) is 0.919. The SMILES string of the molecule is C/C=C\c1cn[c]cc1C(F)(F)F. The summed E-state index contributed by atoms with van der Waals surface area (Å²) in [6.45, 7) is 1.65. The molecule has 0 amide bonds. The maximum Gasteiger partial charge on any atom is 0.417 e. The van der Waals surface area contributed by atoms with E-state index in [9.17, 15) is 13.2 Å². The van der Waals surface area contributed by atoms with Crippen LogP contribution in [0.2, 0.25) is 0 Å². The van der Waals surface area contributed by atoms with Crippen LogP contribution in [0, 0.1) is 6.20 Å². The number of allylic oxidation sites excluding steroid dienone is 1. The van der Waals surface area contributed by atoms with Gasteiger partial charge >= 0.3 is 6.18 Å². The molecule has 0 aliphatic rings. The van der Waals surface area contributed by atoms with Gasteiger partial charge in [0.2, 0.25) is 0 Å². The predicted molar refractivity (Wildman–Crippen MR) is 42.8 cm³/mol. The van der Waals surface area contributed by atoms with Crippen molar-refractivity contribution < 1.29 is 13.2 Å². The lowest BCUT2D eigenvalue weighted by Gasteiger charge is -2.08. The fraction of sp³-hybridized carbons (Fsp3) is 0.222. The van der Waals surface area contributed by atoms with E-state index < -0.39 is 11.7 Å². The smallest absolute Gasteiger partial charge is 0.254 e. The van der Waals surface area contributed by atoms with E-state index in [0.717, 1.165) is 12.3 Å². The lowest BCUT2D eigenvalue weighted by molar-refractivity contribution is -0.137. The Morgan fingerprint density at radius 3 is 2.69 bits per heavy atom. The van der Waals surface area contributed by atoms with Crippen molar-refractivity contribution in [2.24, 2.45) is 0 Å². The number of hydrogen-bond acceptors (Lipinski definition) is 1. The molecule has 1 nitrogen and oxygen atoms in total. The number of nitrogens with zero attached hydrogens (tertiary/aromatic N) is 1. The van der Waals surface area contributed by atoms with E-state index in [4.69, 9.17) is 0 Å². The summed E-state index contributed by atoms with van der Waals surface area (Å²) in [5, 5.41) is 0. The minimum absolute atomic E-state index is 0.0637. The van der Waals surface area contributed by atoms with Gasteiger partial charge in [-0.1, -0.05) is 12.2 Å². The predicted octanol–water partition coefficient (Wildman–Crippen LogP) is 2.93. The number of aromatic nitrogens is 1. The van der Waals surface area contributed by atoms with Gasteiger partial charge in [-0.05, 0) is 13.0 Å². The van der Waals surface area contributed by atoms with Crippen molar-refractivity contribution in [3.8, 4) is 0 Å². The zero-order valence-electron chi connectivity index (χ0n) is 6.89. The van der Waals surface area contributed by atoms with Gasteiger partial charge in [-0.15, -0.1) is 0 Å². The lowest BCUT2D eigenvalue weighted by Crippen LogP contribution is -2.07. The monoisotopic (exact) mass is 186 g/mol. The van der Waals surface area contributed by atoms with Crippen LogP contribution in [-0.4, -0.2) is 4.98 Å². The van der Waals surface area contributed by atoms with Crippen LogP contribution in [0.4, 0.5) is 13.2 Å². The maximum absolute atomic E-state index is 12.3. The van der Waals surface area contributed by atoms with Gasteiger partial charge in [0.15, 0.2) is 0 Å². The highest BCUT2D eigenvalue weighted by molar-refractivity contribution is 5.52. The highest BCUT2D eigenvalue weighted by Gasteiger charge is 2.32. The molecule has 1 aromatic heterocycles. The molecule has 1 heterocycles. The third kappa shape index (κ3) is 2.31. The summed E-state index contributed by atoms with van der Waals surface area (Å²) < 4.78 is 36.9. The molecule has 4 heteroatoms. The second kappa shape index (κ2) is 3.60. The summed E-state index contributed by atoms with van der Waals surface area (Å²) in [5.41, 5.74) is -0.644. The molecule has 1 radical (unpaired) electrons. The molecule has 0 aromatic carbocycles. The average molecular weight is 186 g/mol. The van der Waals surface area contributed by atoms with E-state index >= 15 is 0 Å². The molecule has 0 saturated carbocycles. The van der Waals surface area contributed by atoms with Gasteiger partial charge in [-0.3, -0.25) is 4.98 Å². The van der Waals surface area contributed by atoms with Crippen LogP contribution in [-0.2, 0) is 6.18 Å². The molecule has 0 atom stereocenters. The summed E-state index contributed by atoms with van der Waals surface area (Å²) in [7, 11) is 0. The summed E-state index contributed by atoms with van der Waals surface area (Å²) in [6, 6.07) is 0.843. The van der Waals surface area contributed by atoms with Crippen LogP contribution < -0.4 is 0 Å². The molecule has 0 bridgehead atoms. The molecule has 0 aliphatic carbocycles. The standard InChI is InChI=1S/C9H7F3N/c1-2-3-7-6-13-5-4-8(7)9(10,11)12/h2-4,6H,1H3/b3-2-. The van der Waals surface area contributed by atoms with Crippen LogP contribution >= 0.6 is 0 Å². The number of rotatable bonds is 1. The fourth-order valence-corrected chi connectivity index (χ4v) is 0.919. The Morgan fingerprint density at radius 2 is 2.15 bits per heavy atom. The van der Waals surface area contributed by atoms with E-state index in [1.54, 1.807) is 6.92 Å². The first-order valence-electron chi connectivity index (χ1n) is 3.61. The number of hydrogen-bond donors (Lipinski definition) is 0. The minimum Gasteiger partial charge on any atom is -0.254 e. The zero-order valence-corrected chi connectivity index (χ0v) is 6.89. The van der Waals surface area contributed by atoms with Gasteiger partial charge < -0.3 is 0 Å². The molecule has 0 saturated heterocycles. The molecule has 0 aliphatic heterocycles. The third-order valence-corrected chi connectivity index (χ3v) is 1.45. The summed E-state index contributed by atoms with van der Waals surface area (Å²) in [4.78, 5) is 3.50. The van der Waals surface area contributed by atoms with Crippen LogP contribution in [0.15, 0.2) is 18.3 Å². The van der Waals surface area contributed by atoms with Crippen LogP contribution in [0.5, 0.6) is 0 Å². The van der Waals surface area contributed by atoms with Gasteiger partial charge in [-0.25, -0.2) is 0 Å². The third-order valence-electron chi connectivity index (χ3n) is 1.45. The molecule has 1 rings (SSSR count). The van der Waals surface area contributed by atoms with Crippen molar-refractivity contribution in [2.45, 2.75) is 13.1 Å². The topological polar surface area (TPSA) is 12.9 Å². The van der Waals surface area contributed by atoms with Gasteiger partial charge in [0.1, 0.15) is 0 Å². The molecular formula is C9H7F3N. The van der Waals surface area contributed by atoms with Crippen LogP contribution in [0.25, 0.3) is 6.08 Å². The average Bonchev–Trinajstić information content (AvgIpc) is 2.04. The van der Waals surface area contributed by atoms with Crippen molar-refractivity contribution in [1.29, 1.82) is 0 Å². The van der Waals surface area contributed by atoms with Crippen LogP contribution in [0.3, 0.4) is 0 Å². The van der Waals surface area contributed by atoms with Crippen molar-refractivity contribution in [1.82, 2.24) is 4.98 Å². The van der Waals surface area contributed by atoms with Crippen molar-refractivity contribution in [3.05, 3.63) is 35.7 Å². The zero-order chi connectivity index (χ0) is 9.90. The Kier molecular flexibility index (Phi) is 2.70. The summed E-state index contributed by atoms with van der Waals surface area (Å²) in [6.07, 6.45) is 1.86. The van der Waals surface area contributed by atoms with Crippen molar-refractivity contribution in [2.75, 3.05) is 0 Å². The lowest BCUT2D eigenvalue weighted by atomic mass is 10.1. The first kappa shape index (κ1) is 9.77. The second-order valence-electron chi connectivity index (χ2n) is 2.40. The van der Waals surface area contributed by atoms with Gasteiger partial charge in [0.05, 0.1) is 11.8 Å². The van der Waals surface area contributed by atoms with E-state index in [0.29, 0.717) is 0 Å². The summed E-state index contributed by atoms with van der Waals surface area (Å²) >= 11 is 0. The Labute approximate surface area is 73.9 Å². The molecule has 0 N–H and O–H groups in total. The van der Waals surface area contributed by atoms with Crippen molar-refractivity contribution >= 4 is 6.08 Å². The van der Waals surface area contributed by atoms with Crippen LogP contribution in [0.1, 0.15) is 18.1 Å². The number of pyridine rings is 1. The van der Waals surface area contributed by atoms with Gasteiger partial charge in [0, 0.05) is 11.8 Å². The highest BCUT2D eigenvalue weighted by Crippen LogP contribution is 2.31. The molecule has 69 valence electrons. The first-order valence-corrected chi connectivity index (χ1v) is 3.61. The molecule has 13 heavy (non-hydrogen) atoms. The number of alkyl halides is 3. The van der Waals surface area contributed by atoms with E-state index in [1.165, 1.54) is 12.2 Å². The normalized spacial score (nSPS) is 12.3. The Morgan fingerprint density at radius 1 is 1.46 bits per heavy atom. The number of halogens is 3. The van der Waals surface area contributed by atoms with E-state index in [2.05, 4.69) is 11.2 Å². The summed E-state index contributed by atoms with van der Waals surface area (Å²) in [5.74, 6) is 0. The second-order valence-corrected chi connectivity index (χ2v) is 2.40. The van der Waals surface area contributed by atoms with E-state index in [1.807, 2.05) is 0 Å². The minimum atomic E-state index is -4.34. The highest BCUT2D eigenvalue weighted by atomic mass is 19.4. The molecule has 0 fully saturated rings. The van der Waals surface area contributed by atoms with Gasteiger partial charge in [0.25, 0.3) is 0 Å².